The highest BCUT2D eigenvalue weighted by Gasteiger charge is 2.27. The van der Waals surface area contributed by atoms with Crippen LogP contribution in [0.1, 0.15) is 10.4 Å². The third-order valence-corrected chi connectivity index (χ3v) is 4.65. The minimum Gasteiger partial charge on any atom is -0.420 e. The molecule has 4 rings (SSSR count). The van der Waals surface area contributed by atoms with Gasteiger partial charge in [-0.3, -0.25) is 4.79 Å². The van der Waals surface area contributed by atoms with Gasteiger partial charge in [0.2, 0.25) is 5.95 Å². The topological polar surface area (TPSA) is 76.6 Å². The van der Waals surface area contributed by atoms with E-state index in [9.17, 15) is 18.0 Å². The maximum absolute atomic E-state index is 14.4. The molecule has 0 aliphatic carbocycles. The lowest BCUT2D eigenvalue weighted by Gasteiger charge is -2.19. The lowest BCUT2D eigenvalue weighted by molar-refractivity contribution is -0.0964. The lowest BCUT2D eigenvalue weighted by atomic mass is 10.1. The van der Waals surface area contributed by atoms with E-state index < -0.39 is 17.4 Å². The number of nitrogens with one attached hydrogen (secondary N) is 1. The first-order chi connectivity index (χ1) is 15.3. The number of aromatic nitrogens is 2. The number of carbonyl (C=O) groups excluding carboxylic acids is 1. The number of alkyl halides is 3. The summed E-state index contributed by atoms with van der Waals surface area (Å²) in [6.07, 6.45) is 2.70. The van der Waals surface area contributed by atoms with Crippen molar-refractivity contribution in [3.63, 3.8) is 0 Å². The molecule has 1 N–H and O–H groups in total. The molecule has 11 heteroatoms. The average molecular weight is 465 g/mol. The zero-order valence-corrected chi connectivity index (χ0v) is 17.2. The number of nitrogens with zero attached hydrogens (tertiary/aromatic N) is 3. The summed E-state index contributed by atoms with van der Waals surface area (Å²) in [5.74, 6) is -0.922. The number of benzene rings is 1. The van der Waals surface area contributed by atoms with Crippen LogP contribution in [0.5, 0.6) is 5.75 Å². The highest BCUT2D eigenvalue weighted by Crippen LogP contribution is 2.32. The van der Waals surface area contributed by atoms with Crippen LogP contribution in [0.15, 0.2) is 54.9 Å². The van der Waals surface area contributed by atoms with Crippen LogP contribution in [0.25, 0.3) is 11.1 Å². The van der Waals surface area contributed by atoms with Gasteiger partial charge in [0, 0.05) is 47.4 Å². The van der Waals surface area contributed by atoms with Crippen LogP contribution in [0.4, 0.5) is 24.7 Å². The predicted molar refractivity (Wildman–Crippen MR) is 111 cm³/mol. The van der Waals surface area contributed by atoms with Gasteiger partial charge in [-0.25, -0.2) is 9.97 Å². The smallest absolute Gasteiger partial charge is 0.420 e. The fraction of sp³-hybridized carbons (Fsp3) is 0.190. The fourth-order valence-corrected chi connectivity index (χ4v) is 3.23. The Morgan fingerprint density at radius 2 is 1.97 bits per heavy atom. The number of ether oxygens (including phenoxy) is 2. The molecule has 0 spiro atoms. The minimum atomic E-state index is -3.84. The number of hydrogen-bond donors (Lipinski definition) is 1. The minimum absolute atomic E-state index is 0.166. The van der Waals surface area contributed by atoms with E-state index in [1.54, 1.807) is 12.1 Å². The van der Waals surface area contributed by atoms with Gasteiger partial charge < -0.3 is 19.7 Å². The molecule has 1 amide bonds. The summed E-state index contributed by atoms with van der Waals surface area (Å²) < 4.78 is 49.4. The van der Waals surface area contributed by atoms with Gasteiger partial charge in [0.15, 0.2) is 0 Å². The Balaban J connectivity index is 1.60. The van der Waals surface area contributed by atoms with Gasteiger partial charge >= 0.3 is 5.57 Å². The van der Waals surface area contributed by atoms with Crippen LogP contribution < -0.4 is 15.0 Å². The van der Waals surface area contributed by atoms with Gasteiger partial charge in [0.25, 0.3) is 5.91 Å². The van der Waals surface area contributed by atoms with Gasteiger partial charge in [0.1, 0.15) is 18.3 Å². The number of amides is 1. The molecule has 7 nitrogen and oxygen atoms in total. The van der Waals surface area contributed by atoms with E-state index in [4.69, 9.17) is 16.3 Å². The highest BCUT2D eigenvalue weighted by atomic mass is 35.5. The van der Waals surface area contributed by atoms with Crippen molar-refractivity contribution in [1.82, 2.24) is 9.97 Å². The molecule has 32 heavy (non-hydrogen) atoms. The Hall–Kier alpha value is -3.37. The van der Waals surface area contributed by atoms with Crippen LogP contribution >= 0.6 is 11.6 Å². The van der Waals surface area contributed by atoms with Crippen molar-refractivity contribution in [2.24, 2.45) is 0 Å². The van der Waals surface area contributed by atoms with Crippen molar-refractivity contribution >= 4 is 29.0 Å². The third kappa shape index (κ3) is 5.09. The van der Waals surface area contributed by atoms with Crippen molar-refractivity contribution in [3.8, 4) is 16.9 Å². The first-order valence-corrected chi connectivity index (χ1v) is 9.79. The van der Waals surface area contributed by atoms with Gasteiger partial charge in [-0.05, 0) is 42.5 Å². The van der Waals surface area contributed by atoms with E-state index >= 15 is 0 Å². The molecule has 1 saturated heterocycles. The van der Waals surface area contributed by atoms with Crippen LogP contribution in [0.3, 0.4) is 0 Å². The van der Waals surface area contributed by atoms with Gasteiger partial charge in [-0.15, -0.1) is 8.78 Å². The summed E-state index contributed by atoms with van der Waals surface area (Å²) in [5.41, 5.74) is -2.76. The standard InChI is InChI=1S/C21H16ClF3N4O3/c22-21(24,25)32-15-5-3-14(4-6-15)28-20(30)13-10-17(16-2-1-7-26-18(16)23)19(27-11-13)29-8-9-31-12-29/h1-7,10-11H,8-9,12H2,(H,28,30). The Morgan fingerprint density at radius 3 is 2.62 bits per heavy atom. The average Bonchev–Trinajstić information content (AvgIpc) is 3.29. The van der Waals surface area contributed by atoms with Crippen molar-refractivity contribution in [3.05, 3.63) is 66.4 Å². The molecule has 166 valence electrons. The number of rotatable bonds is 6. The van der Waals surface area contributed by atoms with E-state index in [1.807, 2.05) is 4.90 Å². The molecule has 0 atom stereocenters. The molecule has 3 heterocycles. The molecule has 1 aliphatic heterocycles. The van der Waals surface area contributed by atoms with Crippen molar-refractivity contribution in [2.45, 2.75) is 5.57 Å². The summed E-state index contributed by atoms with van der Waals surface area (Å²) in [4.78, 5) is 22.6. The lowest BCUT2D eigenvalue weighted by Crippen LogP contribution is -2.22. The highest BCUT2D eigenvalue weighted by molar-refractivity contribution is 6.20. The molecule has 0 unspecified atom stereocenters. The first kappa shape index (κ1) is 21.8. The molecule has 0 radical (unpaired) electrons. The first-order valence-electron chi connectivity index (χ1n) is 9.41. The molecule has 1 aromatic carbocycles. The second-order valence-corrected chi connectivity index (χ2v) is 7.20. The van der Waals surface area contributed by atoms with E-state index in [0.29, 0.717) is 37.0 Å². The maximum Gasteiger partial charge on any atom is 0.487 e. The summed E-state index contributed by atoms with van der Waals surface area (Å²) >= 11 is 4.73. The summed E-state index contributed by atoms with van der Waals surface area (Å²) in [5, 5.41) is 2.63. The van der Waals surface area contributed by atoms with E-state index in [1.165, 1.54) is 42.7 Å². The number of hydrogen-bond acceptors (Lipinski definition) is 6. The van der Waals surface area contributed by atoms with Crippen molar-refractivity contribution < 1.29 is 27.4 Å². The van der Waals surface area contributed by atoms with Crippen molar-refractivity contribution in [1.29, 1.82) is 0 Å². The monoisotopic (exact) mass is 464 g/mol. The summed E-state index contributed by atoms with van der Waals surface area (Å²) in [7, 11) is 0. The molecule has 0 bridgehead atoms. The van der Waals surface area contributed by atoms with Crippen molar-refractivity contribution in [2.75, 3.05) is 30.1 Å². The van der Waals surface area contributed by atoms with Gasteiger partial charge in [-0.1, -0.05) is 0 Å². The Bertz CT molecular complexity index is 1120. The quantitative estimate of drug-likeness (QED) is 0.427. The third-order valence-electron chi connectivity index (χ3n) is 4.58. The Labute approximate surface area is 185 Å². The van der Waals surface area contributed by atoms with E-state index in [0.717, 1.165) is 0 Å². The fourth-order valence-electron chi connectivity index (χ4n) is 3.14. The SMILES string of the molecule is O=C(Nc1ccc(OC(F)(F)Cl)cc1)c1cnc(N2CCOC2)c(-c2cccnc2F)c1. The number of halogens is 4. The number of pyridine rings is 2. The molecule has 1 aliphatic rings. The molecule has 0 saturated carbocycles. The molecule has 2 aromatic heterocycles. The maximum atomic E-state index is 14.4. The Kier molecular flexibility index (Phi) is 6.15. The molecular weight excluding hydrogens is 449 g/mol. The van der Waals surface area contributed by atoms with E-state index in [2.05, 4.69) is 20.0 Å². The van der Waals surface area contributed by atoms with Crippen LogP contribution in [0.2, 0.25) is 0 Å². The van der Waals surface area contributed by atoms with Gasteiger partial charge in [0.05, 0.1) is 12.2 Å². The van der Waals surface area contributed by atoms with E-state index in [-0.39, 0.29) is 16.9 Å². The van der Waals surface area contributed by atoms with Crippen LogP contribution in [0, 0.1) is 5.95 Å². The molecular formula is C21H16ClF3N4O3. The zero-order valence-electron chi connectivity index (χ0n) is 16.4. The number of carbonyl (C=O) groups is 1. The number of anilines is 2. The predicted octanol–water partition coefficient (Wildman–Crippen LogP) is 4.50. The summed E-state index contributed by atoms with van der Waals surface area (Å²) in [6, 6.07) is 9.87. The summed E-state index contributed by atoms with van der Waals surface area (Å²) in [6.45, 7) is 1.38. The van der Waals surface area contributed by atoms with Crippen LogP contribution in [-0.2, 0) is 4.74 Å². The largest absolute Gasteiger partial charge is 0.487 e. The van der Waals surface area contributed by atoms with Crippen LogP contribution in [-0.4, -0.2) is 41.3 Å². The molecule has 3 aromatic rings. The second kappa shape index (κ2) is 9.01. The van der Waals surface area contributed by atoms with Gasteiger partial charge in [-0.2, -0.15) is 4.39 Å². The second-order valence-electron chi connectivity index (χ2n) is 6.76. The zero-order chi connectivity index (χ0) is 22.7. The Morgan fingerprint density at radius 1 is 1.19 bits per heavy atom. The normalized spacial score (nSPS) is 13.8. The molecule has 1 fully saturated rings.